The lowest BCUT2D eigenvalue weighted by Crippen LogP contribution is -2.54. The number of carbonyl (C=O) groups excluding carboxylic acids is 3. The highest BCUT2D eigenvalue weighted by atomic mass is 16.6. The van der Waals surface area contributed by atoms with Crippen LogP contribution >= 0.6 is 0 Å². The van der Waals surface area contributed by atoms with Gasteiger partial charge in [-0.2, -0.15) is 0 Å². The largest absolute Gasteiger partial charge is 0.461 e. The Kier molecular flexibility index (Phi) is 7.02. The standard InChI is InChI=1S/C29H34O6/c1-17-11-13-26(35-28(32)21-9-7-6-8-10-21)29(5)23(18(2)12-14-25(29)33-20(4)30)16-22-19(3)27(31)34-24(22)15-17/h6-10,12,15,23-26H,11,13-14,16H2,1-5H3/b17-15-/t23-,24-,25-,26?,29+/m0/s1. The van der Waals surface area contributed by atoms with E-state index in [1.165, 1.54) is 6.92 Å². The number of hydrogen-bond donors (Lipinski definition) is 0. The second-order valence-electron chi connectivity index (χ2n) is 10.2. The van der Waals surface area contributed by atoms with Gasteiger partial charge in [-0.05, 0) is 69.7 Å². The van der Waals surface area contributed by atoms with E-state index in [9.17, 15) is 14.4 Å². The molecular weight excluding hydrogens is 444 g/mol. The number of carbonyl (C=O) groups is 3. The van der Waals surface area contributed by atoms with Crippen molar-refractivity contribution in [1.29, 1.82) is 0 Å². The SMILES string of the molecule is CC(=O)O[C@H]1CC=C(C)[C@@H]2CC3=C(C)C(=O)O[C@H]3/C=C(/C)CCC(OC(=O)c3ccccc3)[C@@]12C. The van der Waals surface area contributed by atoms with Crippen molar-refractivity contribution in [2.24, 2.45) is 11.3 Å². The van der Waals surface area contributed by atoms with Gasteiger partial charge in [0.05, 0.1) is 5.56 Å². The van der Waals surface area contributed by atoms with Gasteiger partial charge in [0.25, 0.3) is 0 Å². The van der Waals surface area contributed by atoms with Crippen LogP contribution in [0.1, 0.15) is 70.7 Å². The monoisotopic (exact) mass is 478 g/mol. The van der Waals surface area contributed by atoms with Crippen molar-refractivity contribution in [1.82, 2.24) is 0 Å². The number of benzene rings is 1. The van der Waals surface area contributed by atoms with Gasteiger partial charge in [-0.1, -0.05) is 42.3 Å². The van der Waals surface area contributed by atoms with Crippen LogP contribution in [-0.2, 0) is 23.8 Å². The molecule has 1 heterocycles. The minimum Gasteiger partial charge on any atom is -0.461 e. The molecule has 35 heavy (non-hydrogen) atoms. The molecule has 0 radical (unpaired) electrons. The predicted molar refractivity (Wildman–Crippen MR) is 131 cm³/mol. The molecule has 0 aromatic heterocycles. The average Bonchev–Trinajstić information content (AvgIpc) is 3.08. The maximum absolute atomic E-state index is 13.2. The molecule has 5 atom stereocenters. The van der Waals surface area contributed by atoms with Crippen molar-refractivity contribution in [2.45, 2.75) is 78.6 Å². The fourth-order valence-corrected chi connectivity index (χ4v) is 5.80. The first kappa shape index (κ1) is 25.0. The highest BCUT2D eigenvalue weighted by Gasteiger charge is 2.54. The summed E-state index contributed by atoms with van der Waals surface area (Å²) >= 11 is 0. The zero-order valence-corrected chi connectivity index (χ0v) is 21.1. The van der Waals surface area contributed by atoms with Gasteiger partial charge in [0.1, 0.15) is 18.3 Å². The van der Waals surface area contributed by atoms with Crippen LogP contribution < -0.4 is 0 Å². The maximum atomic E-state index is 13.2. The molecule has 4 rings (SSSR count). The number of esters is 3. The van der Waals surface area contributed by atoms with Gasteiger partial charge in [-0.15, -0.1) is 0 Å². The zero-order chi connectivity index (χ0) is 25.3. The van der Waals surface area contributed by atoms with E-state index in [1.807, 2.05) is 38.1 Å². The molecule has 0 fully saturated rings. The summed E-state index contributed by atoms with van der Waals surface area (Å²) in [5.74, 6) is -1.16. The number of hydrogen-bond acceptors (Lipinski definition) is 6. The van der Waals surface area contributed by atoms with E-state index in [0.29, 0.717) is 36.8 Å². The Morgan fingerprint density at radius 2 is 1.77 bits per heavy atom. The molecule has 0 spiro atoms. The van der Waals surface area contributed by atoms with Crippen LogP contribution in [0.5, 0.6) is 0 Å². The lowest BCUT2D eigenvalue weighted by molar-refractivity contribution is -0.166. The fraction of sp³-hybridized carbons (Fsp3) is 0.483. The summed E-state index contributed by atoms with van der Waals surface area (Å²) in [6, 6.07) is 8.95. The van der Waals surface area contributed by atoms with Crippen LogP contribution in [0.25, 0.3) is 0 Å². The molecule has 6 nitrogen and oxygen atoms in total. The van der Waals surface area contributed by atoms with E-state index in [1.54, 1.807) is 12.1 Å². The first-order valence-corrected chi connectivity index (χ1v) is 12.3. The van der Waals surface area contributed by atoms with Gasteiger partial charge in [-0.25, -0.2) is 9.59 Å². The topological polar surface area (TPSA) is 78.9 Å². The third-order valence-electron chi connectivity index (χ3n) is 7.94. The van der Waals surface area contributed by atoms with Crippen LogP contribution in [0.2, 0.25) is 0 Å². The molecule has 186 valence electrons. The van der Waals surface area contributed by atoms with Crippen molar-refractivity contribution >= 4 is 17.9 Å². The van der Waals surface area contributed by atoms with Gasteiger partial charge in [0, 0.05) is 24.3 Å². The summed E-state index contributed by atoms with van der Waals surface area (Å²) in [5, 5.41) is 0. The highest BCUT2D eigenvalue weighted by Crippen LogP contribution is 2.52. The molecule has 0 amide bonds. The molecule has 1 aliphatic heterocycles. The highest BCUT2D eigenvalue weighted by molar-refractivity contribution is 5.92. The predicted octanol–water partition coefficient (Wildman–Crippen LogP) is 5.49. The van der Waals surface area contributed by atoms with Crippen molar-refractivity contribution in [3.05, 3.63) is 70.3 Å². The second-order valence-corrected chi connectivity index (χ2v) is 10.2. The Hall–Kier alpha value is -3.15. The molecule has 0 N–H and O–H groups in total. The van der Waals surface area contributed by atoms with E-state index in [-0.39, 0.29) is 17.9 Å². The number of ether oxygens (including phenoxy) is 3. The van der Waals surface area contributed by atoms with Gasteiger partial charge in [-0.3, -0.25) is 4.79 Å². The molecule has 3 aliphatic rings. The molecular formula is C29H34O6. The normalized spacial score (nSPS) is 32.3. The van der Waals surface area contributed by atoms with Crippen molar-refractivity contribution in [2.75, 3.05) is 0 Å². The van der Waals surface area contributed by atoms with Crippen LogP contribution in [0.4, 0.5) is 0 Å². The number of fused-ring (bicyclic) bond motifs is 2. The molecule has 1 unspecified atom stereocenters. The Morgan fingerprint density at radius 3 is 2.46 bits per heavy atom. The third-order valence-corrected chi connectivity index (χ3v) is 7.94. The van der Waals surface area contributed by atoms with Gasteiger partial charge >= 0.3 is 17.9 Å². The quantitative estimate of drug-likeness (QED) is 0.325. The Morgan fingerprint density at radius 1 is 1.06 bits per heavy atom. The van der Waals surface area contributed by atoms with Crippen LogP contribution in [0.15, 0.2) is 64.8 Å². The minimum atomic E-state index is -0.698. The summed E-state index contributed by atoms with van der Waals surface area (Å²) in [6.07, 6.45) is 5.07. The minimum absolute atomic E-state index is 0.108. The van der Waals surface area contributed by atoms with E-state index >= 15 is 0 Å². The van der Waals surface area contributed by atoms with E-state index < -0.39 is 29.7 Å². The molecule has 1 aromatic rings. The van der Waals surface area contributed by atoms with Crippen molar-refractivity contribution < 1.29 is 28.6 Å². The Bertz CT molecular complexity index is 1110. The summed E-state index contributed by atoms with van der Waals surface area (Å²) in [7, 11) is 0. The molecule has 6 heteroatoms. The second kappa shape index (κ2) is 9.84. The van der Waals surface area contributed by atoms with Gasteiger partial charge in [0.2, 0.25) is 0 Å². The molecule has 0 bridgehead atoms. The molecule has 1 aromatic carbocycles. The summed E-state index contributed by atoms with van der Waals surface area (Å²) in [4.78, 5) is 37.8. The van der Waals surface area contributed by atoms with E-state index in [0.717, 1.165) is 16.7 Å². The Balaban J connectivity index is 1.82. The van der Waals surface area contributed by atoms with Gasteiger partial charge < -0.3 is 14.2 Å². The molecule has 0 saturated carbocycles. The zero-order valence-electron chi connectivity index (χ0n) is 21.1. The van der Waals surface area contributed by atoms with Crippen LogP contribution in [0, 0.1) is 11.3 Å². The first-order valence-electron chi connectivity index (χ1n) is 12.3. The van der Waals surface area contributed by atoms with Crippen molar-refractivity contribution in [3.8, 4) is 0 Å². The summed E-state index contributed by atoms with van der Waals surface area (Å²) in [6.45, 7) is 9.36. The summed E-state index contributed by atoms with van der Waals surface area (Å²) < 4.78 is 17.8. The first-order chi connectivity index (χ1) is 16.6. The smallest absolute Gasteiger partial charge is 0.338 e. The maximum Gasteiger partial charge on any atom is 0.338 e. The number of allylic oxidation sites excluding steroid dienone is 2. The molecule has 0 saturated heterocycles. The summed E-state index contributed by atoms with van der Waals surface area (Å²) in [5.41, 5.74) is 3.55. The fourth-order valence-electron chi connectivity index (χ4n) is 5.80. The average molecular weight is 479 g/mol. The lowest BCUT2D eigenvalue weighted by Gasteiger charge is -2.50. The van der Waals surface area contributed by atoms with Gasteiger partial charge in [0.15, 0.2) is 0 Å². The van der Waals surface area contributed by atoms with Crippen LogP contribution in [-0.4, -0.2) is 36.2 Å². The van der Waals surface area contributed by atoms with Crippen LogP contribution in [0.3, 0.4) is 0 Å². The third kappa shape index (κ3) is 4.84. The molecule has 2 aliphatic carbocycles. The van der Waals surface area contributed by atoms with E-state index in [4.69, 9.17) is 14.2 Å². The lowest BCUT2D eigenvalue weighted by atomic mass is 9.59. The number of rotatable bonds is 3. The Labute approximate surface area is 207 Å². The van der Waals surface area contributed by atoms with E-state index in [2.05, 4.69) is 19.9 Å². The van der Waals surface area contributed by atoms with Crippen molar-refractivity contribution in [3.63, 3.8) is 0 Å².